The zero-order valence-corrected chi connectivity index (χ0v) is 14.5. The maximum atomic E-state index is 3.69. The van der Waals surface area contributed by atoms with Crippen molar-refractivity contribution in [3.63, 3.8) is 0 Å². The Labute approximate surface area is 132 Å². The molecular weight excluding hydrogens is 312 g/mol. The highest BCUT2D eigenvalue weighted by Crippen LogP contribution is 2.37. The van der Waals surface area contributed by atoms with Gasteiger partial charge in [-0.1, -0.05) is 28.1 Å². The Morgan fingerprint density at radius 3 is 2.50 bits per heavy atom. The lowest BCUT2D eigenvalue weighted by Crippen LogP contribution is -2.41. The van der Waals surface area contributed by atoms with Gasteiger partial charge in [-0.2, -0.15) is 0 Å². The average Bonchev–Trinajstić information content (AvgIpc) is 2.37. The molecule has 3 heteroatoms. The van der Waals surface area contributed by atoms with Crippen molar-refractivity contribution in [1.29, 1.82) is 0 Å². The minimum atomic E-state index is 0.653. The van der Waals surface area contributed by atoms with Crippen molar-refractivity contribution >= 4 is 15.9 Å². The van der Waals surface area contributed by atoms with Crippen LogP contribution in [0.3, 0.4) is 0 Å². The first kappa shape index (κ1) is 16.0. The number of halogens is 1. The molecule has 1 aliphatic carbocycles. The molecule has 0 radical (unpaired) electrons. The lowest BCUT2D eigenvalue weighted by atomic mass is 9.76. The van der Waals surface area contributed by atoms with Crippen LogP contribution in [0.5, 0.6) is 0 Å². The lowest BCUT2D eigenvalue weighted by molar-refractivity contribution is 0.253. The summed E-state index contributed by atoms with van der Waals surface area (Å²) in [5.41, 5.74) is 1.49. The van der Waals surface area contributed by atoms with Crippen LogP contribution < -0.4 is 5.32 Å². The molecular formula is C17H27BrN2. The molecule has 112 valence electrons. The van der Waals surface area contributed by atoms with Gasteiger partial charge in [-0.25, -0.2) is 0 Å². The zero-order valence-electron chi connectivity index (χ0n) is 12.9. The predicted molar refractivity (Wildman–Crippen MR) is 90.3 cm³/mol. The lowest BCUT2D eigenvalue weighted by Gasteiger charge is -2.36. The van der Waals surface area contributed by atoms with Crippen LogP contribution in [0.4, 0.5) is 0 Å². The Hall–Kier alpha value is -0.380. The second-order valence-corrected chi connectivity index (χ2v) is 7.21. The van der Waals surface area contributed by atoms with Crippen molar-refractivity contribution < 1.29 is 0 Å². The molecule has 1 aromatic carbocycles. The average molecular weight is 339 g/mol. The molecule has 1 aliphatic rings. The van der Waals surface area contributed by atoms with Gasteiger partial charge >= 0.3 is 0 Å². The minimum absolute atomic E-state index is 0.653. The maximum Gasteiger partial charge on any atom is 0.0175 e. The molecule has 0 heterocycles. The van der Waals surface area contributed by atoms with E-state index in [1.54, 1.807) is 0 Å². The Kier molecular flexibility index (Phi) is 6.06. The van der Waals surface area contributed by atoms with Gasteiger partial charge in [-0.15, -0.1) is 0 Å². The largest absolute Gasteiger partial charge is 0.314 e. The fourth-order valence-electron chi connectivity index (χ4n) is 2.68. The highest BCUT2D eigenvalue weighted by molar-refractivity contribution is 9.10. The van der Waals surface area contributed by atoms with E-state index in [1.165, 1.54) is 35.8 Å². The van der Waals surface area contributed by atoms with Crippen LogP contribution in [0.1, 0.15) is 44.6 Å². The number of benzene rings is 1. The predicted octanol–water partition coefficient (Wildman–Crippen LogP) is 4.02. The third-order valence-corrected chi connectivity index (χ3v) is 5.01. The smallest absolute Gasteiger partial charge is 0.0175 e. The summed E-state index contributed by atoms with van der Waals surface area (Å²) in [5, 5.41) is 3.69. The summed E-state index contributed by atoms with van der Waals surface area (Å²) in [6.07, 6.45) is 3.83. The summed E-state index contributed by atoms with van der Waals surface area (Å²) < 4.78 is 1.17. The first-order valence-electron chi connectivity index (χ1n) is 7.75. The van der Waals surface area contributed by atoms with E-state index in [0.717, 1.165) is 18.5 Å². The van der Waals surface area contributed by atoms with Crippen molar-refractivity contribution in [1.82, 2.24) is 10.2 Å². The van der Waals surface area contributed by atoms with Gasteiger partial charge in [0.15, 0.2) is 0 Å². The standard InChI is InChI=1S/C17H27BrN2/c1-13(2)20(3)10-4-9-19-17-11-15(12-17)14-5-7-16(18)8-6-14/h5-8,13,15,17,19H,4,9-12H2,1-3H3. The van der Waals surface area contributed by atoms with Gasteiger partial charge in [-0.05, 0) is 76.9 Å². The van der Waals surface area contributed by atoms with Gasteiger partial charge in [-0.3, -0.25) is 0 Å². The Balaban J connectivity index is 1.59. The van der Waals surface area contributed by atoms with Crippen molar-refractivity contribution in [2.75, 3.05) is 20.1 Å². The normalized spacial score (nSPS) is 22.3. The third kappa shape index (κ3) is 4.57. The number of hydrogen-bond donors (Lipinski definition) is 1. The van der Waals surface area contributed by atoms with Crippen LogP contribution in [-0.4, -0.2) is 37.1 Å². The van der Waals surface area contributed by atoms with Gasteiger partial charge in [0, 0.05) is 16.6 Å². The summed E-state index contributed by atoms with van der Waals surface area (Å²) in [4.78, 5) is 2.41. The van der Waals surface area contributed by atoms with Crippen LogP contribution in [0.25, 0.3) is 0 Å². The van der Waals surface area contributed by atoms with Crippen molar-refractivity contribution in [2.45, 2.75) is 51.1 Å². The van der Waals surface area contributed by atoms with E-state index < -0.39 is 0 Å². The molecule has 0 saturated heterocycles. The Morgan fingerprint density at radius 2 is 1.90 bits per heavy atom. The summed E-state index contributed by atoms with van der Waals surface area (Å²) in [6, 6.07) is 10.2. The molecule has 1 N–H and O–H groups in total. The fraction of sp³-hybridized carbons (Fsp3) is 0.647. The van der Waals surface area contributed by atoms with Gasteiger partial charge < -0.3 is 10.2 Å². The zero-order chi connectivity index (χ0) is 14.5. The molecule has 0 aliphatic heterocycles. The van der Waals surface area contributed by atoms with E-state index in [0.29, 0.717) is 6.04 Å². The number of nitrogens with zero attached hydrogens (tertiary/aromatic N) is 1. The highest BCUT2D eigenvalue weighted by Gasteiger charge is 2.29. The van der Waals surface area contributed by atoms with E-state index in [4.69, 9.17) is 0 Å². The number of nitrogens with one attached hydrogen (secondary N) is 1. The molecule has 0 amide bonds. The summed E-state index contributed by atoms with van der Waals surface area (Å²) >= 11 is 3.49. The van der Waals surface area contributed by atoms with E-state index in [-0.39, 0.29) is 0 Å². The monoisotopic (exact) mass is 338 g/mol. The van der Waals surface area contributed by atoms with Crippen LogP contribution in [0, 0.1) is 0 Å². The molecule has 2 nitrogen and oxygen atoms in total. The summed E-state index contributed by atoms with van der Waals surface area (Å²) in [5.74, 6) is 0.763. The molecule has 0 atom stereocenters. The second kappa shape index (κ2) is 7.58. The number of rotatable bonds is 7. The molecule has 1 aromatic rings. The Bertz CT molecular complexity index is 396. The molecule has 0 unspecified atom stereocenters. The van der Waals surface area contributed by atoms with Crippen molar-refractivity contribution in [2.24, 2.45) is 0 Å². The maximum absolute atomic E-state index is 3.69. The van der Waals surface area contributed by atoms with E-state index in [9.17, 15) is 0 Å². The highest BCUT2D eigenvalue weighted by atomic mass is 79.9. The third-order valence-electron chi connectivity index (χ3n) is 4.48. The van der Waals surface area contributed by atoms with E-state index >= 15 is 0 Å². The van der Waals surface area contributed by atoms with E-state index in [2.05, 4.69) is 71.3 Å². The van der Waals surface area contributed by atoms with Gasteiger partial charge in [0.2, 0.25) is 0 Å². The van der Waals surface area contributed by atoms with Crippen LogP contribution >= 0.6 is 15.9 Å². The molecule has 1 fully saturated rings. The van der Waals surface area contributed by atoms with Crippen LogP contribution in [-0.2, 0) is 0 Å². The molecule has 0 bridgehead atoms. The minimum Gasteiger partial charge on any atom is -0.314 e. The first-order chi connectivity index (χ1) is 9.56. The molecule has 20 heavy (non-hydrogen) atoms. The van der Waals surface area contributed by atoms with Gasteiger partial charge in [0.1, 0.15) is 0 Å². The molecule has 2 rings (SSSR count). The topological polar surface area (TPSA) is 15.3 Å². The van der Waals surface area contributed by atoms with Crippen LogP contribution in [0.15, 0.2) is 28.7 Å². The summed E-state index contributed by atoms with van der Waals surface area (Å²) in [6.45, 7) is 6.84. The van der Waals surface area contributed by atoms with Crippen LogP contribution in [0.2, 0.25) is 0 Å². The molecule has 0 spiro atoms. The number of hydrogen-bond acceptors (Lipinski definition) is 2. The van der Waals surface area contributed by atoms with Crippen molar-refractivity contribution in [3.8, 4) is 0 Å². The van der Waals surface area contributed by atoms with Gasteiger partial charge in [0.25, 0.3) is 0 Å². The SMILES string of the molecule is CC(C)N(C)CCCNC1CC(c2ccc(Br)cc2)C1. The van der Waals surface area contributed by atoms with Crippen molar-refractivity contribution in [3.05, 3.63) is 34.3 Å². The molecule has 1 saturated carbocycles. The Morgan fingerprint density at radius 1 is 1.25 bits per heavy atom. The first-order valence-corrected chi connectivity index (χ1v) is 8.54. The quantitative estimate of drug-likeness (QED) is 0.755. The summed E-state index contributed by atoms with van der Waals surface area (Å²) in [7, 11) is 2.21. The molecule has 0 aromatic heterocycles. The second-order valence-electron chi connectivity index (χ2n) is 6.30. The van der Waals surface area contributed by atoms with Gasteiger partial charge in [0.05, 0.1) is 0 Å². The fourth-order valence-corrected chi connectivity index (χ4v) is 2.95. The van der Waals surface area contributed by atoms with E-state index in [1.807, 2.05) is 0 Å².